The highest BCUT2D eigenvalue weighted by Gasteiger charge is 2.54. The highest BCUT2D eigenvalue weighted by molar-refractivity contribution is 5.86. The monoisotopic (exact) mass is 256 g/mol. The lowest BCUT2D eigenvalue weighted by atomic mass is 9.68. The molecule has 19 heavy (non-hydrogen) atoms. The van der Waals surface area contributed by atoms with Gasteiger partial charge in [0.25, 0.3) is 0 Å². The number of likely N-dealkylation sites (N-methyl/N-ethyl adjacent to an activating group) is 1. The summed E-state index contributed by atoms with van der Waals surface area (Å²) in [5.74, 6) is 0.917. The second kappa shape index (κ2) is 3.86. The fourth-order valence-corrected chi connectivity index (χ4v) is 3.45. The molecule has 0 saturated carbocycles. The number of anilines is 1. The summed E-state index contributed by atoms with van der Waals surface area (Å²) < 4.78 is 5.38. The van der Waals surface area contributed by atoms with Crippen molar-refractivity contribution in [1.29, 1.82) is 0 Å². The van der Waals surface area contributed by atoms with Crippen LogP contribution in [-0.2, 0) is 5.41 Å². The highest BCUT2D eigenvalue weighted by atomic mass is 16.5. The number of fused-ring (bicyclic) bond motifs is 1. The Kier molecular flexibility index (Phi) is 2.49. The standard InChI is InChI=1S/C16H20N2O/c1-15(2)13-10-12(19-4)6-7-14(13)18(3)16(15)8-5-9-17-11-16/h5-7,9-11H,8H2,1-4H3. The van der Waals surface area contributed by atoms with Gasteiger partial charge in [0.2, 0.25) is 0 Å². The van der Waals surface area contributed by atoms with Crippen molar-refractivity contribution in [2.24, 2.45) is 4.99 Å². The maximum Gasteiger partial charge on any atom is 0.119 e. The lowest BCUT2D eigenvalue weighted by Crippen LogP contribution is -2.56. The molecule has 0 saturated heterocycles. The average molecular weight is 256 g/mol. The highest BCUT2D eigenvalue weighted by Crippen LogP contribution is 2.53. The molecule has 0 radical (unpaired) electrons. The Morgan fingerprint density at radius 2 is 2.11 bits per heavy atom. The lowest BCUT2D eigenvalue weighted by molar-refractivity contribution is 0.362. The number of rotatable bonds is 1. The number of hydrogen-bond donors (Lipinski definition) is 0. The summed E-state index contributed by atoms with van der Waals surface area (Å²) in [6.07, 6.45) is 7.12. The number of nitrogens with zero attached hydrogens (tertiary/aromatic N) is 2. The van der Waals surface area contributed by atoms with E-state index in [9.17, 15) is 0 Å². The van der Waals surface area contributed by atoms with Crippen molar-refractivity contribution in [2.45, 2.75) is 31.2 Å². The van der Waals surface area contributed by atoms with Crippen LogP contribution in [0, 0.1) is 0 Å². The average Bonchev–Trinajstić information content (AvgIpc) is 2.59. The molecule has 1 atom stereocenters. The van der Waals surface area contributed by atoms with Gasteiger partial charge in [-0.1, -0.05) is 19.9 Å². The summed E-state index contributed by atoms with van der Waals surface area (Å²) in [5, 5.41) is 0. The van der Waals surface area contributed by atoms with E-state index in [1.807, 2.05) is 12.3 Å². The first-order valence-electron chi connectivity index (χ1n) is 6.65. The third kappa shape index (κ3) is 1.41. The molecular weight excluding hydrogens is 236 g/mol. The van der Waals surface area contributed by atoms with Gasteiger partial charge in [0.15, 0.2) is 0 Å². The summed E-state index contributed by atoms with van der Waals surface area (Å²) >= 11 is 0. The summed E-state index contributed by atoms with van der Waals surface area (Å²) in [7, 11) is 3.87. The molecule has 2 aliphatic heterocycles. The first-order valence-corrected chi connectivity index (χ1v) is 6.65. The third-order valence-electron chi connectivity index (χ3n) is 4.83. The Morgan fingerprint density at radius 1 is 1.32 bits per heavy atom. The summed E-state index contributed by atoms with van der Waals surface area (Å²) in [4.78, 5) is 6.76. The molecule has 0 fully saturated rings. The predicted octanol–water partition coefficient (Wildman–Crippen LogP) is 3.15. The van der Waals surface area contributed by atoms with E-state index in [0.717, 1.165) is 12.2 Å². The molecule has 3 heteroatoms. The Balaban J connectivity index is 2.19. The van der Waals surface area contributed by atoms with E-state index >= 15 is 0 Å². The van der Waals surface area contributed by atoms with Gasteiger partial charge in [-0.3, -0.25) is 4.99 Å². The van der Waals surface area contributed by atoms with Crippen molar-refractivity contribution in [3.63, 3.8) is 0 Å². The van der Waals surface area contributed by atoms with Gasteiger partial charge in [0.05, 0.1) is 12.6 Å². The Bertz CT molecular complexity index is 574. The predicted molar refractivity (Wildman–Crippen MR) is 79.4 cm³/mol. The number of methoxy groups -OCH3 is 1. The maximum atomic E-state index is 5.38. The minimum atomic E-state index is -0.0730. The third-order valence-corrected chi connectivity index (χ3v) is 4.83. The van der Waals surface area contributed by atoms with E-state index in [4.69, 9.17) is 4.74 Å². The first kappa shape index (κ1) is 12.3. The van der Waals surface area contributed by atoms with E-state index in [1.165, 1.54) is 11.3 Å². The van der Waals surface area contributed by atoms with Gasteiger partial charge in [0.1, 0.15) is 5.75 Å². The normalized spacial score (nSPS) is 26.8. The second-order valence-corrected chi connectivity index (χ2v) is 5.86. The Labute approximate surface area is 114 Å². The quantitative estimate of drug-likeness (QED) is 0.771. The Hall–Kier alpha value is -1.77. The van der Waals surface area contributed by atoms with E-state index in [1.54, 1.807) is 7.11 Å². The van der Waals surface area contributed by atoms with Gasteiger partial charge < -0.3 is 9.64 Å². The van der Waals surface area contributed by atoms with E-state index in [-0.39, 0.29) is 11.0 Å². The molecule has 1 aromatic carbocycles. The molecule has 0 aromatic heterocycles. The molecule has 0 N–H and O–H groups in total. The van der Waals surface area contributed by atoms with Gasteiger partial charge in [-0.2, -0.15) is 0 Å². The van der Waals surface area contributed by atoms with Gasteiger partial charge in [0, 0.05) is 30.6 Å². The van der Waals surface area contributed by atoms with Crippen LogP contribution in [0.1, 0.15) is 25.8 Å². The number of hydrogen-bond acceptors (Lipinski definition) is 3. The van der Waals surface area contributed by atoms with Crippen LogP contribution in [-0.4, -0.2) is 25.9 Å². The van der Waals surface area contributed by atoms with Crippen molar-refractivity contribution in [1.82, 2.24) is 0 Å². The minimum Gasteiger partial charge on any atom is -0.497 e. The van der Waals surface area contributed by atoms with Crippen LogP contribution in [0.25, 0.3) is 0 Å². The maximum absolute atomic E-state index is 5.38. The summed E-state index contributed by atoms with van der Waals surface area (Å²) in [6.45, 7) is 4.58. The smallest absolute Gasteiger partial charge is 0.119 e. The zero-order valence-electron chi connectivity index (χ0n) is 12.0. The van der Waals surface area contributed by atoms with Gasteiger partial charge in [-0.05, 0) is 30.2 Å². The van der Waals surface area contributed by atoms with Crippen molar-refractivity contribution in [2.75, 3.05) is 19.1 Å². The first-order chi connectivity index (χ1) is 9.03. The number of ether oxygens (including phenoxy) is 1. The van der Waals surface area contributed by atoms with Crippen molar-refractivity contribution >= 4 is 11.9 Å². The Morgan fingerprint density at radius 3 is 2.74 bits per heavy atom. The minimum absolute atomic E-state index is 0.000116. The van der Waals surface area contributed by atoms with E-state index in [2.05, 4.69) is 55.2 Å². The molecule has 2 heterocycles. The van der Waals surface area contributed by atoms with Crippen LogP contribution >= 0.6 is 0 Å². The van der Waals surface area contributed by atoms with Crippen molar-refractivity contribution in [3.05, 3.63) is 36.0 Å². The summed E-state index contributed by atoms with van der Waals surface area (Å²) in [6, 6.07) is 6.34. The SMILES string of the molecule is COc1ccc2c(c1)C(C)(C)C1(C=NC=CC1)N2C. The number of benzene rings is 1. The second-order valence-electron chi connectivity index (χ2n) is 5.86. The molecular formula is C16H20N2O. The van der Waals surface area contributed by atoms with Crippen LogP contribution in [0.4, 0.5) is 5.69 Å². The fourth-order valence-electron chi connectivity index (χ4n) is 3.45. The fraction of sp³-hybridized carbons (Fsp3) is 0.438. The lowest BCUT2D eigenvalue weighted by Gasteiger charge is -2.44. The van der Waals surface area contributed by atoms with Crippen LogP contribution in [0.3, 0.4) is 0 Å². The molecule has 0 amide bonds. The van der Waals surface area contributed by atoms with E-state index < -0.39 is 0 Å². The largest absolute Gasteiger partial charge is 0.497 e. The topological polar surface area (TPSA) is 24.8 Å². The zero-order chi connectivity index (χ0) is 13.7. The molecule has 2 aliphatic rings. The van der Waals surface area contributed by atoms with Gasteiger partial charge >= 0.3 is 0 Å². The molecule has 3 rings (SSSR count). The number of aliphatic imine (C=N–C) groups is 1. The van der Waals surface area contributed by atoms with E-state index in [0.29, 0.717) is 0 Å². The van der Waals surface area contributed by atoms with Crippen LogP contribution in [0.2, 0.25) is 0 Å². The van der Waals surface area contributed by atoms with Gasteiger partial charge in [-0.25, -0.2) is 0 Å². The molecule has 0 aliphatic carbocycles. The molecule has 0 bridgehead atoms. The molecule has 1 unspecified atom stereocenters. The summed E-state index contributed by atoms with van der Waals surface area (Å²) in [5.41, 5.74) is 2.53. The van der Waals surface area contributed by atoms with Crippen molar-refractivity contribution in [3.8, 4) is 5.75 Å². The van der Waals surface area contributed by atoms with Crippen molar-refractivity contribution < 1.29 is 4.74 Å². The molecule has 3 nitrogen and oxygen atoms in total. The molecule has 100 valence electrons. The molecule has 1 spiro atoms. The van der Waals surface area contributed by atoms with Crippen LogP contribution in [0.15, 0.2) is 35.5 Å². The molecule has 1 aromatic rings. The van der Waals surface area contributed by atoms with Crippen LogP contribution in [0.5, 0.6) is 5.75 Å². The van der Waals surface area contributed by atoms with Gasteiger partial charge in [-0.15, -0.1) is 0 Å². The zero-order valence-corrected chi connectivity index (χ0v) is 12.0. The van der Waals surface area contributed by atoms with Crippen LogP contribution < -0.4 is 9.64 Å².